The highest BCUT2D eigenvalue weighted by Gasteiger charge is 2.56. The van der Waals surface area contributed by atoms with Crippen molar-refractivity contribution >= 4 is 34.9 Å². The molecule has 1 N–H and O–H groups in total. The minimum atomic E-state index is -1.11. The van der Waals surface area contributed by atoms with E-state index in [1.165, 1.54) is 0 Å². The van der Waals surface area contributed by atoms with E-state index in [1.54, 1.807) is 35.0 Å². The molecular formula is C20H15ClN4O2. The first-order valence-corrected chi connectivity index (χ1v) is 8.92. The molecule has 1 spiro atoms. The van der Waals surface area contributed by atoms with Crippen molar-refractivity contribution in [3.8, 4) is 5.69 Å². The molecule has 1 atom stereocenters. The zero-order valence-corrected chi connectivity index (χ0v) is 15.2. The minimum Gasteiger partial charge on any atom is -0.314 e. The van der Waals surface area contributed by atoms with E-state index in [4.69, 9.17) is 11.6 Å². The second-order valence-corrected chi connectivity index (χ2v) is 7.25. The quantitative estimate of drug-likeness (QED) is 0.707. The number of carbonyl (C=O) groups is 2. The van der Waals surface area contributed by atoms with Gasteiger partial charge >= 0.3 is 0 Å². The van der Waals surface area contributed by atoms with Gasteiger partial charge in [-0.05, 0) is 35.9 Å². The molecule has 27 heavy (non-hydrogen) atoms. The van der Waals surface area contributed by atoms with Crippen LogP contribution in [0.2, 0.25) is 5.02 Å². The molecule has 0 saturated heterocycles. The summed E-state index contributed by atoms with van der Waals surface area (Å²) in [6.07, 6.45) is 1.69. The van der Waals surface area contributed by atoms with Crippen LogP contribution in [-0.2, 0) is 15.0 Å². The fourth-order valence-electron chi connectivity index (χ4n) is 4.14. The van der Waals surface area contributed by atoms with Gasteiger partial charge in [0.05, 0.1) is 11.9 Å². The number of benzene rings is 2. The lowest BCUT2D eigenvalue weighted by Gasteiger charge is -2.32. The lowest BCUT2D eigenvalue weighted by molar-refractivity contribution is -0.126. The first kappa shape index (κ1) is 16.1. The average molecular weight is 379 g/mol. The number of halogens is 1. The number of carbonyl (C=O) groups excluding carboxylic acids is 2. The standard InChI is InChI=1S/C20H15ClN4O2/c1-24-16-8-7-12(21)9-14(16)20(19(24)27)10-17(26)23-18-15(20)11-22-25(18)13-5-3-2-4-6-13/h2-9,11H,10H2,1H3,(H,23,26)/t20-/m1/s1. The van der Waals surface area contributed by atoms with Crippen LogP contribution in [0.15, 0.2) is 54.7 Å². The summed E-state index contributed by atoms with van der Waals surface area (Å²) < 4.78 is 1.66. The largest absolute Gasteiger partial charge is 0.314 e. The van der Waals surface area contributed by atoms with Crippen molar-refractivity contribution in [1.82, 2.24) is 9.78 Å². The van der Waals surface area contributed by atoms with Gasteiger partial charge in [0.2, 0.25) is 11.8 Å². The van der Waals surface area contributed by atoms with Crippen molar-refractivity contribution in [2.75, 3.05) is 17.3 Å². The summed E-state index contributed by atoms with van der Waals surface area (Å²) in [7, 11) is 1.72. The number of amides is 2. The Morgan fingerprint density at radius 1 is 1.11 bits per heavy atom. The summed E-state index contributed by atoms with van der Waals surface area (Å²) in [4.78, 5) is 27.6. The van der Waals surface area contributed by atoms with Gasteiger partial charge in [0, 0.05) is 29.7 Å². The highest BCUT2D eigenvalue weighted by Crippen LogP contribution is 2.52. The van der Waals surface area contributed by atoms with E-state index in [2.05, 4.69) is 10.4 Å². The Labute approximate surface area is 160 Å². The van der Waals surface area contributed by atoms with Crippen molar-refractivity contribution in [2.24, 2.45) is 0 Å². The second kappa shape index (κ2) is 5.44. The third-order valence-corrected chi connectivity index (χ3v) is 5.60. The number of nitrogens with one attached hydrogen (secondary N) is 1. The van der Waals surface area contributed by atoms with Gasteiger partial charge in [-0.1, -0.05) is 29.8 Å². The van der Waals surface area contributed by atoms with E-state index in [0.717, 1.165) is 16.9 Å². The third-order valence-electron chi connectivity index (χ3n) is 5.36. The molecular weight excluding hydrogens is 364 g/mol. The highest BCUT2D eigenvalue weighted by molar-refractivity contribution is 6.31. The van der Waals surface area contributed by atoms with Crippen LogP contribution in [0, 0.1) is 0 Å². The summed E-state index contributed by atoms with van der Waals surface area (Å²) in [5, 5.41) is 7.90. The summed E-state index contributed by atoms with van der Waals surface area (Å²) in [6.45, 7) is 0. The van der Waals surface area contributed by atoms with Gasteiger partial charge in [-0.15, -0.1) is 0 Å². The molecule has 3 heterocycles. The molecule has 3 aromatic rings. The number of hydrogen-bond acceptors (Lipinski definition) is 3. The van der Waals surface area contributed by atoms with E-state index in [-0.39, 0.29) is 18.2 Å². The maximum absolute atomic E-state index is 13.4. The Morgan fingerprint density at radius 3 is 2.67 bits per heavy atom. The maximum Gasteiger partial charge on any atom is 0.242 e. The number of anilines is 2. The Hall–Kier alpha value is -3.12. The smallest absolute Gasteiger partial charge is 0.242 e. The van der Waals surface area contributed by atoms with Crippen LogP contribution >= 0.6 is 11.6 Å². The normalized spacial score (nSPS) is 20.6. The van der Waals surface area contributed by atoms with Gasteiger partial charge < -0.3 is 10.2 Å². The van der Waals surface area contributed by atoms with E-state index < -0.39 is 5.41 Å². The molecule has 134 valence electrons. The van der Waals surface area contributed by atoms with E-state index in [0.29, 0.717) is 16.4 Å². The molecule has 0 bridgehead atoms. The monoisotopic (exact) mass is 378 g/mol. The number of aromatic nitrogens is 2. The molecule has 5 rings (SSSR count). The molecule has 1 aromatic heterocycles. The zero-order valence-electron chi connectivity index (χ0n) is 14.4. The van der Waals surface area contributed by atoms with Crippen LogP contribution in [0.5, 0.6) is 0 Å². The van der Waals surface area contributed by atoms with Crippen molar-refractivity contribution in [3.63, 3.8) is 0 Å². The van der Waals surface area contributed by atoms with Crippen molar-refractivity contribution < 1.29 is 9.59 Å². The number of para-hydroxylation sites is 1. The zero-order chi connectivity index (χ0) is 18.8. The third kappa shape index (κ3) is 2.04. The van der Waals surface area contributed by atoms with Gasteiger partial charge in [-0.3, -0.25) is 9.59 Å². The predicted octanol–water partition coefficient (Wildman–Crippen LogP) is 3.13. The molecule has 0 unspecified atom stereocenters. The summed E-state index contributed by atoms with van der Waals surface area (Å²) in [5.74, 6) is 0.144. The molecule has 0 radical (unpaired) electrons. The molecule has 0 fully saturated rings. The van der Waals surface area contributed by atoms with E-state index >= 15 is 0 Å². The lowest BCUT2D eigenvalue weighted by atomic mass is 9.72. The van der Waals surface area contributed by atoms with E-state index in [1.807, 2.05) is 36.4 Å². The maximum atomic E-state index is 13.4. The number of nitrogens with zero attached hydrogens (tertiary/aromatic N) is 3. The van der Waals surface area contributed by atoms with E-state index in [9.17, 15) is 9.59 Å². The fourth-order valence-corrected chi connectivity index (χ4v) is 4.32. The van der Waals surface area contributed by atoms with Crippen LogP contribution in [0.3, 0.4) is 0 Å². The topological polar surface area (TPSA) is 67.2 Å². The molecule has 7 heteroatoms. The first-order chi connectivity index (χ1) is 13.0. The van der Waals surface area contributed by atoms with Crippen LogP contribution < -0.4 is 10.2 Å². The molecule has 2 aliphatic rings. The minimum absolute atomic E-state index is 0.0248. The lowest BCUT2D eigenvalue weighted by Crippen LogP contribution is -2.45. The van der Waals surface area contributed by atoms with Crippen molar-refractivity contribution in [1.29, 1.82) is 0 Å². The predicted molar refractivity (Wildman–Crippen MR) is 102 cm³/mol. The Balaban J connectivity index is 1.80. The highest BCUT2D eigenvalue weighted by atomic mass is 35.5. The van der Waals surface area contributed by atoms with Gasteiger partial charge in [0.25, 0.3) is 0 Å². The molecule has 0 saturated carbocycles. The van der Waals surface area contributed by atoms with Crippen LogP contribution in [0.25, 0.3) is 5.69 Å². The number of hydrogen-bond donors (Lipinski definition) is 1. The first-order valence-electron chi connectivity index (χ1n) is 8.54. The Morgan fingerprint density at radius 2 is 1.89 bits per heavy atom. The SMILES string of the molecule is CN1C(=O)[C@]2(CC(=O)Nc3c2cnn3-c2ccccc2)c2cc(Cl)ccc21. The van der Waals surface area contributed by atoms with Gasteiger partial charge in [-0.2, -0.15) is 5.10 Å². The van der Waals surface area contributed by atoms with Gasteiger partial charge in [-0.25, -0.2) is 4.68 Å². The van der Waals surface area contributed by atoms with Crippen molar-refractivity contribution in [2.45, 2.75) is 11.8 Å². The Bertz CT molecular complexity index is 1110. The molecule has 2 aromatic carbocycles. The molecule has 2 aliphatic heterocycles. The Kier molecular flexibility index (Phi) is 3.24. The molecule has 2 amide bonds. The second-order valence-electron chi connectivity index (χ2n) is 6.81. The molecule has 0 aliphatic carbocycles. The molecule has 6 nitrogen and oxygen atoms in total. The van der Waals surface area contributed by atoms with Crippen LogP contribution in [0.1, 0.15) is 17.5 Å². The number of fused-ring (bicyclic) bond motifs is 4. The van der Waals surface area contributed by atoms with Crippen LogP contribution in [0.4, 0.5) is 11.5 Å². The number of rotatable bonds is 1. The van der Waals surface area contributed by atoms with Crippen molar-refractivity contribution in [3.05, 3.63) is 70.9 Å². The summed E-state index contributed by atoms with van der Waals surface area (Å²) in [6, 6.07) is 14.8. The number of likely N-dealkylation sites (N-methyl/N-ethyl adjacent to an activating group) is 1. The fraction of sp³-hybridized carbons (Fsp3) is 0.150. The van der Waals surface area contributed by atoms with Crippen LogP contribution in [-0.4, -0.2) is 28.6 Å². The summed E-state index contributed by atoms with van der Waals surface area (Å²) >= 11 is 6.23. The summed E-state index contributed by atoms with van der Waals surface area (Å²) in [5.41, 5.74) is 1.88. The van der Waals surface area contributed by atoms with Gasteiger partial charge in [0.1, 0.15) is 11.2 Å². The average Bonchev–Trinajstić information content (AvgIpc) is 3.17. The van der Waals surface area contributed by atoms with Gasteiger partial charge in [0.15, 0.2) is 0 Å².